The summed E-state index contributed by atoms with van der Waals surface area (Å²) in [7, 11) is 1.82. The van der Waals surface area contributed by atoms with E-state index in [9.17, 15) is 0 Å². The van der Waals surface area contributed by atoms with E-state index in [0.29, 0.717) is 18.2 Å². The van der Waals surface area contributed by atoms with Gasteiger partial charge in [-0.2, -0.15) is 10.2 Å². The Hall–Kier alpha value is -2.00. The number of aryl methyl sites for hydroxylation is 1. The zero-order chi connectivity index (χ0) is 13.4. The molecule has 98 valence electrons. The standard InChI is InChI=1S/C10H11BrN8/c1-18-10-7(3-13-18)9(17-12)15-8(16-10)5-19-4-6(11)2-14-19/h2-4H,5,12H2,1H3,(H,15,16,17). The lowest BCUT2D eigenvalue weighted by Crippen LogP contribution is -2.13. The molecule has 0 spiro atoms. The van der Waals surface area contributed by atoms with E-state index in [0.717, 1.165) is 15.5 Å². The number of nitrogens with zero attached hydrogens (tertiary/aromatic N) is 6. The molecule has 3 aromatic heterocycles. The van der Waals surface area contributed by atoms with Gasteiger partial charge in [-0.1, -0.05) is 0 Å². The van der Waals surface area contributed by atoms with Crippen molar-refractivity contribution in [3.05, 3.63) is 28.9 Å². The van der Waals surface area contributed by atoms with Crippen molar-refractivity contribution in [2.75, 3.05) is 5.43 Å². The van der Waals surface area contributed by atoms with E-state index >= 15 is 0 Å². The Balaban J connectivity index is 2.06. The van der Waals surface area contributed by atoms with E-state index in [1.807, 2.05) is 13.2 Å². The molecule has 0 atom stereocenters. The van der Waals surface area contributed by atoms with Crippen LogP contribution in [0.15, 0.2) is 23.1 Å². The molecule has 0 fully saturated rings. The third kappa shape index (κ3) is 2.17. The second-order valence-corrected chi connectivity index (χ2v) is 4.91. The zero-order valence-electron chi connectivity index (χ0n) is 10.1. The van der Waals surface area contributed by atoms with Crippen LogP contribution in [0, 0.1) is 0 Å². The lowest BCUT2D eigenvalue weighted by Gasteiger charge is -2.05. The highest BCUT2D eigenvalue weighted by Crippen LogP contribution is 2.19. The fraction of sp³-hybridized carbons (Fsp3) is 0.200. The van der Waals surface area contributed by atoms with Crippen molar-refractivity contribution < 1.29 is 0 Å². The van der Waals surface area contributed by atoms with Crippen LogP contribution in [-0.2, 0) is 13.6 Å². The molecule has 9 heteroatoms. The number of hydrogen-bond donors (Lipinski definition) is 2. The van der Waals surface area contributed by atoms with Gasteiger partial charge in [0.1, 0.15) is 6.54 Å². The van der Waals surface area contributed by atoms with Crippen molar-refractivity contribution >= 4 is 32.8 Å². The van der Waals surface area contributed by atoms with Crippen molar-refractivity contribution in [1.29, 1.82) is 0 Å². The summed E-state index contributed by atoms with van der Waals surface area (Å²) in [5, 5.41) is 9.11. The SMILES string of the molecule is Cn1ncc2c(NN)nc(Cn3cc(Br)cn3)nc21. The van der Waals surface area contributed by atoms with Crippen LogP contribution < -0.4 is 11.3 Å². The first kappa shape index (κ1) is 12.1. The Morgan fingerprint density at radius 1 is 1.32 bits per heavy atom. The predicted octanol–water partition coefficient (Wildman–Crippen LogP) is 0.656. The lowest BCUT2D eigenvalue weighted by molar-refractivity contribution is 0.655. The summed E-state index contributed by atoms with van der Waals surface area (Å²) in [6.45, 7) is 0.460. The number of hydrazine groups is 1. The highest BCUT2D eigenvalue weighted by Gasteiger charge is 2.11. The Kier molecular flexibility index (Phi) is 2.91. The number of halogens is 1. The van der Waals surface area contributed by atoms with Gasteiger partial charge in [0.05, 0.1) is 22.3 Å². The first-order valence-electron chi connectivity index (χ1n) is 5.50. The van der Waals surface area contributed by atoms with Gasteiger partial charge in [0, 0.05) is 13.2 Å². The molecule has 19 heavy (non-hydrogen) atoms. The molecule has 0 aliphatic rings. The quantitative estimate of drug-likeness (QED) is 0.542. The lowest BCUT2D eigenvalue weighted by atomic mass is 10.4. The van der Waals surface area contributed by atoms with Crippen LogP contribution >= 0.6 is 15.9 Å². The molecule has 3 heterocycles. The maximum atomic E-state index is 5.48. The van der Waals surface area contributed by atoms with Gasteiger partial charge < -0.3 is 5.43 Å². The predicted molar refractivity (Wildman–Crippen MR) is 73.1 cm³/mol. The van der Waals surface area contributed by atoms with Crippen molar-refractivity contribution in [3.63, 3.8) is 0 Å². The Bertz CT molecular complexity index is 730. The average molecular weight is 323 g/mol. The molecular formula is C10H11BrN8. The molecule has 0 bridgehead atoms. The number of nitrogen functional groups attached to an aromatic ring is 1. The molecule has 0 aliphatic heterocycles. The Morgan fingerprint density at radius 3 is 2.84 bits per heavy atom. The van der Waals surface area contributed by atoms with Crippen LogP contribution in [0.5, 0.6) is 0 Å². The first-order valence-corrected chi connectivity index (χ1v) is 6.30. The minimum Gasteiger partial charge on any atom is -0.308 e. The normalized spacial score (nSPS) is 11.1. The molecule has 0 radical (unpaired) electrons. The van der Waals surface area contributed by atoms with Gasteiger partial charge in [-0.25, -0.2) is 15.8 Å². The second kappa shape index (κ2) is 4.59. The minimum absolute atomic E-state index is 0.460. The summed E-state index contributed by atoms with van der Waals surface area (Å²) in [6.07, 6.45) is 5.25. The van der Waals surface area contributed by atoms with E-state index in [4.69, 9.17) is 5.84 Å². The van der Waals surface area contributed by atoms with Crippen LogP contribution in [0.3, 0.4) is 0 Å². The van der Waals surface area contributed by atoms with Crippen LogP contribution in [0.1, 0.15) is 5.82 Å². The maximum absolute atomic E-state index is 5.48. The summed E-state index contributed by atoms with van der Waals surface area (Å²) < 4.78 is 4.33. The number of fused-ring (bicyclic) bond motifs is 1. The maximum Gasteiger partial charge on any atom is 0.163 e. The van der Waals surface area contributed by atoms with Crippen molar-refractivity contribution in [2.24, 2.45) is 12.9 Å². The molecule has 3 N–H and O–H groups in total. The number of rotatable bonds is 3. The highest BCUT2D eigenvalue weighted by atomic mass is 79.9. The number of anilines is 1. The third-order valence-corrected chi connectivity index (χ3v) is 3.09. The summed E-state index contributed by atoms with van der Waals surface area (Å²) >= 11 is 3.35. The van der Waals surface area contributed by atoms with Crippen molar-refractivity contribution in [3.8, 4) is 0 Å². The van der Waals surface area contributed by atoms with Crippen LogP contribution in [0.2, 0.25) is 0 Å². The molecule has 0 aromatic carbocycles. The summed E-state index contributed by atoms with van der Waals surface area (Å²) in [4.78, 5) is 8.83. The molecule has 0 amide bonds. The van der Waals surface area contributed by atoms with Crippen LogP contribution in [0.25, 0.3) is 11.0 Å². The highest BCUT2D eigenvalue weighted by molar-refractivity contribution is 9.10. The number of nitrogens with two attached hydrogens (primary N) is 1. The molecule has 8 nitrogen and oxygen atoms in total. The Morgan fingerprint density at radius 2 is 2.16 bits per heavy atom. The molecular weight excluding hydrogens is 312 g/mol. The summed E-state index contributed by atoms with van der Waals surface area (Å²) in [6, 6.07) is 0. The van der Waals surface area contributed by atoms with E-state index < -0.39 is 0 Å². The van der Waals surface area contributed by atoms with Gasteiger partial charge in [0.25, 0.3) is 0 Å². The van der Waals surface area contributed by atoms with Crippen LogP contribution in [0.4, 0.5) is 5.82 Å². The van der Waals surface area contributed by atoms with E-state index in [1.165, 1.54) is 0 Å². The first-order chi connectivity index (χ1) is 9.17. The van der Waals surface area contributed by atoms with Crippen molar-refractivity contribution in [2.45, 2.75) is 6.54 Å². The minimum atomic E-state index is 0.460. The van der Waals surface area contributed by atoms with E-state index in [-0.39, 0.29) is 0 Å². The van der Waals surface area contributed by atoms with Gasteiger partial charge >= 0.3 is 0 Å². The molecule has 0 unspecified atom stereocenters. The van der Waals surface area contributed by atoms with Gasteiger partial charge in [-0.15, -0.1) is 0 Å². The fourth-order valence-electron chi connectivity index (χ4n) is 1.82. The van der Waals surface area contributed by atoms with Gasteiger partial charge in [-0.05, 0) is 15.9 Å². The second-order valence-electron chi connectivity index (χ2n) is 3.99. The summed E-state index contributed by atoms with van der Waals surface area (Å²) in [5.41, 5.74) is 3.30. The van der Waals surface area contributed by atoms with Gasteiger partial charge in [0.2, 0.25) is 0 Å². The Labute approximate surface area is 116 Å². The molecule has 3 rings (SSSR count). The third-order valence-electron chi connectivity index (χ3n) is 2.68. The fourth-order valence-corrected chi connectivity index (χ4v) is 2.15. The van der Waals surface area contributed by atoms with E-state index in [1.54, 1.807) is 21.8 Å². The average Bonchev–Trinajstić information content (AvgIpc) is 2.96. The van der Waals surface area contributed by atoms with E-state index in [2.05, 4.69) is 41.5 Å². The van der Waals surface area contributed by atoms with Crippen molar-refractivity contribution in [1.82, 2.24) is 29.5 Å². The molecule has 0 aliphatic carbocycles. The largest absolute Gasteiger partial charge is 0.308 e. The smallest absolute Gasteiger partial charge is 0.163 e. The van der Waals surface area contributed by atoms with Crippen LogP contribution in [-0.4, -0.2) is 29.5 Å². The number of nitrogens with one attached hydrogen (secondary N) is 1. The number of hydrogen-bond acceptors (Lipinski definition) is 6. The van der Waals surface area contributed by atoms with Gasteiger partial charge in [0.15, 0.2) is 17.3 Å². The molecule has 0 saturated heterocycles. The zero-order valence-corrected chi connectivity index (χ0v) is 11.7. The monoisotopic (exact) mass is 322 g/mol. The molecule has 0 saturated carbocycles. The van der Waals surface area contributed by atoms with Gasteiger partial charge in [-0.3, -0.25) is 9.36 Å². The molecule has 3 aromatic rings. The number of aromatic nitrogens is 6. The topological polar surface area (TPSA) is 99.5 Å². The summed E-state index contributed by atoms with van der Waals surface area (Å²) in [5.74, 6) is 6.65.